The quantitative estimate of drug-likeness (QED) is 0.600. The fraction of sp³-hybridized carbons (Fsp3) is 0.533. The van der Waals surface area contributed by atoms with Gasteiger partial charge in [0.1, 0.15) is 12.7 Å². The van der Waals surface area contributed by atoms with Gasteiger partial charge in [0.15, 0.2) is 5.69 Å². The fourth-order valence-electron chi connectivity index (χ4n) is 2.29. The number of amides is 1. The van der Waals surface area contributed by atoms with Gasteiger partial charge in [-0.05, 0) is 13.8 Å². The van der Waals surface area contributed by atoms with Gasteiger partial charge in [0.2, 0.25) is 17.5 Å². The second kappa shape index (κ2) is 7.76. The minimum absolute atomic E-state index is 0.0433. The molecular formula is C15H18F3N3O6. The zero-order valence-electron chi connectivity index (χ0n) is 14.7. The van der Waals surface area contributed by atoms with Gasteiger partial charge in [-0.2, -0.15) is 13.2 Å². The molecule has 0 aromatic carbocycles. The van der Waals surface area contributed by atoms with Crippen LogP contribution in [0.1, 0.15) is 31.3 Å². The first-order chi connectivity index (χ1) is 12.6. The Morgan fingerprint density at radius 3 is 2.59 bits per heavy atom. The maximum Gasteiger partial charge on any atom is 0.511 e. The summed E-state index contributed by atoms with van der Waals surface area (Å²) in [6.07, 6.45) is -5.86. The number of hydrogen-bond donors (Lipinski definition) is 1. The standard InChI is InChI=1S/C15H18F3N3O6/c1-4-25-14(24)27-9(3)26-12-10(22)5-6-21-11(12)13(23)20(7-19-21)8(2)15(16,17)18/h5-6,8-9,19H,4,7H2,1-3H3/t8-,9?/m1/s1. The maximum absolute atomic E-state index is 13.0. The molecule has 0 saturated heterocycles. The van der Waals surface area contributed by atoms with Crippen molar-refractivity contribution >= 4 is 12.1 Å². The lowest BCUT2D eigenvalue weighted by Gasteiger charge is -2.36. The highest BCUT2D eigenvalue weighted by atomic mass is 19.4. The minimum atomic E-state index is -4.66. The molecule has 2 rings (SSSR count). The van der Waals surface area contributed by atoms with E-state index >= 15 is 0 Å². The molecule has 9 nitrogen and oxygen atoms in total. The summed E-state index contributed by atoms with van der Waals surface area (Å²) in [6, 6.07) is -1.04. The number of nitrogens with zero attached hydrogens (tertiary/aromatic N) is 2. The van der Waals surface area contributed by atoms with Gasteiger partial charge in [0.25, 0.3) is 5.91 Å². The summed E-state index contributed by atoms with van der Waals surface area (Å²) in [4.78, 5) is 36.5. The number of carbonyl (C=O) groups is 2. The molecule has 0 bridgehead atoms. The third-order valence-electron chi connectivity index (χ3n) is 3.68. The van der Waals surface area contributed by atoms with Gasteiger partial charge in [-0.15, -0.1) is 0 Å². The first-order valence-corrected chi connectivity index (χ1v) is 7.93. The molecule has 1 aromatic rings. The van der Waals surface area contributed by atoms with Crippen LogP contribution in [0.4, 0.5) is 18.0 Å². The van der Waals surface area contributed by atoms with Crippen molar-refractivity contribution in [2.45, 2.75) is 39.3 Å². The topological polar surface area (TPSA) is 99.1 Å². The van der Waals surface area contributed by atoms with Crippen LogP contribution in [0.15, 0.2) is 17.1 Å². The van der Waals surface area contributed by atoms with Gasteiger partial charge in [-0.3, -0.25) is 14.3 Å². The minimum Gasteiger partial charge on any atom is -0.448 e. The fourth-order valence-corrected chi connectivity index (χ4v) is 2.29. The molecular weight excluding hydrogens is 375 g/mol. The second-order valence-electron chi connectivity index (χ2n) is 5.52. The molecule has 1 amide bonds. The lowest BCUT2D eigenvalue weighted by atomic mass is 10.2. The van der Waals surface area contributed by atoms with Gasteiger partial charge < -0.3 is 24.5 Å². The van der Waals surface area contributed by atoms with E-state index < -0.39 is 54.1 Å². The van der Waals surface area contributed by atoms with Crippen LogP contribution in [0.2, 0.25) is 0 Å². The van der Waals surface area contributed by atoms with E-state index in [-0.39, 0.29) is 6.61 Å². The van der Waals surface area contributed by atoms with Crippen LogP contribution < -0.4 is 15.6 Å². The number of alkyl halides is 3. The Morgan fingerprint density at radius 1 is 1.33 bits per heavy atom. The molecule has 1 aliphatic rings. The van der Waals surface area contributed by atoms with Gasteiger partial charge in [0, 0.05) is 19.2 Å². The average molecular weight is 393 g/mol. The van der Waals surface area contributed by atoms with Crippen molar-refractivity contribution in [3.8, 4) is 5.75 Å². The first kappa shape index (κ1) is 20.4. The Balaban J connectivity index is 2.33. The molecule has 2 atom stereocenters. The lowest BCUT2D eigenvalue weighted by molar-refractivity contribution is -0.172. The highest BCUT2D eigenvalue weighted by Gasteiger charge is 2.44. The molecule has 27 heavy (non-hydrogen) atoms. The normalized spacial score (nSPS) is 16.1. The molecule has 0 fully saturated rings. The van der Waals surface area contributed by atoms with E-state index in [2.05, 4.69) is 10.2 Å². The highest BCUT2D eigenvalue weighted by molar-refractivity contribution is 5.96. The largest absolute Gasteiger partial charge is 0.511 e. The Morgan fingerprint density at radius 2 is 2.00 bits per heavy atom. The SMILES string of the molecule is CCOC(=O)OC(C)Oc1c2n(ccc1=O)NCN([C@H](C)C(F)(F)F)C2=O. The lowest BCUT2D eigenvalue weighted by Crippen LogP contribution is -2.54. The molecule has 12 heteroatoms. The van der Waals surface area contributed by atoms with E-state index in [1.54, 1.807) is 6.92 Å². The highest BCUT2D eigenvalue weighted by Crippen LogP contribution is 2.28. The Hall–Kier alpha value is -2.92. The predicted molar refractivity (Wildman–Crippen MR) is 84.8 cm³/mol. The third kappa shape index (κ3) is 4.44. The van der Waals surface area contributed by atoms with E-state index in [9.17, 15) is 27.6 Å². The van der Waals surface area contributed by atoms with E-state index in [0.717, 1.165) is 17.7 Å². The number of halogens is 3. The summed E-state index contributed by atoms with van der Waals surface area (Å²) < 4.78 is 54.6. The van der Waals surface area contributed by atoms with Crippen LogP contribution in [-0.4, -0.2) is 53.4 Å². The van der Waals surface area contributed by atoms with Gasteiger partial charge in [-0.25, -0.2) is 4.79 Å². The molecule has 0 aliphatic carbocycles. The summed E-state index contributed by atoms with van der Waals surface area (Å²) in [5, 5.41) is 0. The van der Waals surface area contributed by atoms with Crippen LogP contribution in [0.25, 0.3) is 0 Å². The molecule has 0 spiro atoms. The number of hydrogen-bond acceptors (Lipinski definition) is 7. The molecule has 1 N–H and O–H groups in total. The van der Waals surface area contributed by atoms with E-state index in [0.29, 0.717) is 4.90 Å². The van der Waals surface area contributed by atoms with Crippen molar-refractivity contribution in [1.82, 2.24) is 9.58 Å². The molecule has 1 aromatic heterocycles. The van der Waals surface area contributed by atoms with E-state index in [4.69, 9.17) is 9.47 Å². The van der Waals surface area contributed by atoms with Crippen LogP contribution in [0.3, 0.4) is 0 Å². The van der Waals surface area contributed by atoms with E-state index in [1.807, 2.05) is 0 Å². The summed E-state index contributed by atoms with van der Waals surface area (Å²) >= 11 is 0. The van der Waals surface area contributed by atoms with Crippen molar-refractivity contribution in [2.24, 2.45) is 0 Å². The number of pyridine rings is 1. The monoisotopic (exact) mass is 393 g/mol. The van der Waals surface area contributed by atoms with Gasteiger partial charge >= 0.3 is 12.3 Å². The average Bonchev–Trinajstić information content (AvgIpc) is 2.56. The van der Waals surface area contributed by atoms with Crippen molar-refractivity contribution in [1.29, 1.82) is 0 Å². The van der Waals surface area contributed by atoms with Crippen LogP contribution >= 0.6 is 0 Å². The number of nitrogens with one attached hydrogen (secondary N) is 1. The van der Waals surface area contributed by atoms with Crippen molar-refractivity contribution in [2.75, 3.05) is 18.7 Å². The van der Waals surface area contributed by atoms with Crippen LogP contribution in [0.5, 0.6) is 5.75 Å². The van der Waals surface area contributed by atoms with Crippen LogP contribution in [0, 0.1) is 0 Å². The first-order valence-electron chi connectivity index (χ1n) is 7.93. The van der Waals surface area contributed by atoms with Gasteiger partial charge in [0.05, 0.1) is 6.61 Å². The Kier molecular flexibility index (Phi) is 5.86. The number of rotatable bonds is 5. The summed E-state index contributed by atoms with van der Waals surface area (Å²) in [6.45, 7) is 3.25. The number of ether oxygens (including phenoxy) is 3. The smallest absolute Gasteiger partial charge is 0.448 e. The van der Waals surface area contributed by atoms with Crippen molar-refractivity contribution < 1.29 is 37.0 Å². The molecule has 1 unspecified atom stereocenters. The van der Waals surface area contributed by atoms with Gasteiger partial charge in [-0.1, -0.05) is 0 Å². The zero-order valence-corrected chi connectivity index (χ0v) is 14.7. The molecule has 0 saturated carbocycles. The predicted octanol–water partition coefficient (Wildman–Crippen LogP) is 1.65. The molecule has 2 heterocycles. The molecule has 1 aliphatic heterocycles. The number of aromatic nitrogens is 1. The molecule has 150 valence electrons. The zero-order chi connectivity index (χ0) is 20.4. The maximum atomic E-state index is 13.0. The number of fused-ring (bicyclic) bond motifs is 1. The van der Waals surface area contributed by atoms with Crippen LogP contribution in [-0.2, 0) is 9.47 Å². The number of carbonyl (C=O) groups excluding carboxylic acids is 2. The Bertz CT molecular complexity index is 779. The summed E-state index contributed by atoms with van der Waals surface area (Å²) in [5.74, 6) is -1.61. The van der Waals surface area contributed by atoms with E-state index in [1.165, 1.54) is 13.1 Å². The van der Waals surface area contributed by atoms with Crippen molar-refractivity contribution in [3.63, 3.8) is 0 Å². The summed E-state index contributed by atoms with van der Waals surface area (Å²) in [5.41, 5.74) is 1.36. The summed E-state index contributed by atoms with van der Waals surface area (Å²) in [7, 11) is 0. The third-order valence-corrected chi connectivity index (χ3v) is 3.68. The molecule has 0 radical (unpaired) electrons. The Labute approximate surface area is 151 Å². The van der Waals surface area contributed by atoms with Crippen molar-refractivity contribution in [3.05, 3.63) is 28.2 Å². The second-order valence-corrected chi connectivity index (χ2v) is 5.52.